The molecule has 0 N–H and O–H groups in total. The fraction of sp³-hybridized carbons (Fsp3) is 0.0476. The summed E-state index contributed by atoms with van der Waals surface area (Å²) < 4.78 is 10.7. The summed E-state index contributed by atoms with van der Waals surface area (Å²) in [6.07, 6.45) is 0. The van der Waals surface area contributed by atoms with Crippen LogP contribution in [0, 0.1) is 0 Å². The van der Waals surface area contributed by atoms with Gasteiger partial charge in [0.05, 0.1) is 15.1 Å². The van der Waals surface area contributed by atoms with Gasteiger partial charge in [0, 0.05) is 0 Å². The average molecular weight is 505 g/mol. The van der Waals surface area contributed by atoms with Gasteiger partial charge in [0.15, 0.2) is 11.7 Å². The van der Waals surface area contributed by atoms with Crippen LogP contribution in [0.4, 0.5) is 0 Å². The Balaban J connectivity index is 1.97. The number of rotatable bonds is 5. The van der Waals surface area contributed by atoms with Gasteiger partial charge < -0.3 is 9.47 Å². The highest BCUT2D eigenvalue weighted by Crippen LogP contribution is 2.48. The molecule has 4 nitrogen and oxygen atoms in total. The number of esters is 2. The minimum atomic E-state index is -1.42. The highest BCUT2D eigenvalue weighted by atomic mass is 35.5. The van der Waals surface area contributed by atoms with Crippen molar-refractivity contribution in [2.24, 2.45) is 0 Å². The highest BCUT2D eigenvalue weighted by molar-refractivity contribution is 6.55. The third-order valence-corrected chi connectivity index (χ3v) is 6.18. The summed E-state index contributed by atoms with van der Waals surface area (Å²) in [7, 11) is 0. The molecule has 3 aromatic rings. The molecule has 30 heavy (non-hydrogen) atoms. The monoisotopic (exact) mass is 502 g/mol. The molecular formula is C21H11Cl5O4. The minimum absolute atomic E-state index is 0.0868. The fourth-order valence-electron chi connectivity index (χ4n) is 2.51. The summed E-state index contributed by atoms with van der Waals surface area (Å²) in [4.78, 5) is 25.8. The molecule has 0 spiro atoms. The van der Waals surface area contributed by atoms with Crippen LogP contribution < -0.4 is 9.47 Å². The summed E-state index contributed by atoms with van der Waals surface area (Å²) in [5, 5.41) is -0.797. The average Bonchev–Trinajstić information content (AvgIpc) is 2.75. The number of ether oxygens (including phenoxy) is 2. The predicted octanol–water partition coefficient (Wildman–Crippen LogP) is 7.25. The Bertz CT molecular complexity index is 1060. The molecule has 9 heteroatoms. The van der Waals surface area contributed by atoms with E-state index in [-0.39, 0.29) is 36.6 Å². The Morgan fingerprint density at radius 1 is 0.600 bits per heavy atom. The number of para-hydroxylation sites is 1. The van der Waals surface area contributed by atoms with E-state index in [2.05, 4.69) is 0 Å². The molecule has 3 aromatic carbocycles. The maximum absolute atomic E-state index is 13.0. The first-order chi connectivity index (χ1) is 14.3. The molecule has 1 unspecified atom stereocenters. The van der Waals surface area contributed by atoms with E-state index in [1.807, 2.05) is 0 Å². The van der Waals surface area contributed by atoms with Crippen LogP contribution in [0.3, 0.4) is 0 Å². The Labute approximate surface area is 197 Å². The predicted molar refractivity (Wildman–Crippen MR) is 118 cm³/mol. The first-order valence-electron chi connectivity index (χ1n) is 8.36. The van der Waals surface area contributed by atoms with Crippen LogP contribution in [0.5, 0.6) is 11.5 Å². The van der Waals surface area contributed by atoms with Crippen molar-refractivity contribution in [1.82, 2.24) is 0 Å². The van der Waals surface area contributed by atoms with E-state index < -0.39 is 17.9 Å². The van der Waals surface area contributed by atoms with Crippen molar-refractivity contribution >= 4 is 69.9 Å². The zero-order valence-electron chi connectivity index (χ0n) is 14.9. The van der Waals surface area contributed by atoms with Crippen molar-refractivity contribution in [2.75, 3.05) is 0 Å². The SMILES string of the molecule is O=C(Oc1ccccc1)C(C(=O)Oc1c(Cl)c(Cl)c(Cl)c(Cl)c1Cl)c1ccccc1. The Kier molecular flexibility index (Phi) is 7.50. The second-order valence-corrected chi connectivity index (χ2v) is 7.79. The quantitative estimate of drug-likeness (QED) is 0.121. The summed E-state index contributed by atoms with van der Waals surface area (Å²) in [6, 6.07) is 16.6. The van der Waals surface area contributed by atoms with E-state index in [9.17, 15) is 9.59 Å². The summed E-state index contributed by atoms with van der Waals surface area (Å²) in [6.45, 7) is 0. The number of carbonyl (C=O) groups is 2. The van der Waals surface area contributed by atoms with Gasteiger partial charge in [-0.25, -0.2) is 0 Å². The number of hydrogen-bond acceptors (Lipinski definition) is 4. The standard InChI is InChI=1S/C21H11Cl5O4/c22-14-15(23)17(25)19(18(26)16(14)24)30-21(28)13(11-7-3-1-4-8-11)20(27)29-12-9-5-2-6-10-12/h1-10,13H. The molecule has 0 heterocycles. The molecule has 0 amide bonds. The van der Waals surface area contributed by atoms with Gasteiger partial charge in [0.1, 0.15) is 15.8 Å². The summed E-state index contributed by atoms with van der Waals surface area (Å²) in [5.74, 6) is -3.30. The van der Waals surface area contributed by atoms with Gasteiger partial charge in [-0.05, 0) is 17.7 Å². The molecule has 1 atom stereocenters. The van der Waals surface area contributed by atoms with Crippen molar-refractivity contribution in [3.8, 4) is 11.5 Å². The van der Waals surface area contributed by atoms with Gasteiger partial charge >= 0.3 is 11.9 Å². The molecule has 154 valence electrons. The van der Waals surface area contributed by atoms with Crippen molar-refractivity contribution in [1.29, 1.82) is 0 Å². The first-order valence-corrected chi connectivity index (χ1v) is 10.2. The van der Waals surface area contributed by atoms with Gasteiger partial charge in [-0.1, -0.05) is 107 Å². The van der Waals surface area contributed by atoms with Crippen LogP contribution >= 0.6 is 58.0 Å². The zero-order valence-corrected chi connectivity index (χ0v) is 18.7. The van der Waals surface area contributed by atoms with E-state index in [0.717, 1.165) is 0 Å². The normalized spacial score (nSPS) is 11.6. The largest absolute Gasteiger partial charge is 0.426 e. The Hall–Kier alpha value is -1.95. The van der Waals surface area contributed by atoms with Crippen LogP contribution in [0.1, 0.15) is 11.5 Å². The topological polar surface area (TPSA) is 52.6 Å². The lowest BCUT2D eigenvalue weighted by atomic mass is 9.99. The van der Waals surface area contributed by atoms with Crippen molar-refractivity contribution < 1.29 is 19.1 Å². The highest BCUT2D eigenvalue weighted by Gasteiger charge is 2.34. The van der Waals surface area contributed by atoms with Crippen LogP contribution in [0.15, 0.2) is 60.7 Å². The van der Waals surface area contributed by atoms with Crippen molar-refractivity contribution in [3.05, 3.63) is 91.3 Å². The van der Waals surface area contributed by atoms with E-state index >= 15 is 0 Å². The van der Waals surface area contributed by atoms with Crippen LogP contribution in [-0.4, -0.2) is 11.9 Å². The Morgan fingerprint density at radius 2 is 1.03 bits per heavy atom. The number of halogens is 5. The third-order valence-electron chi connectivity index (χ3n) is 3.94. The van der Waals surface area contributed by atoms with Gasteiger partial charge in [-0.3, -0.25) is 9.59 Å². The molecule has 0 fully saturated rings. The molecule has 0 aromatic heterocycles. The molecular weight excluding hydrogens is 493 g/mol. The molecule has 0 radical (unpaired) electrons. The van der Waals surface area contributed by atoms with Crippen LogP contribution in [-0.2, 0) is 9.59 Å². The lowest BCUT2D eigenvalue weighted by Crippen LogP contribution is -2.29. The molecule has 3 rings (SSSR count). The molecule has 0 bridgehead atoms. The summed E-state index contributed by atoms with van der Waals surface area (Å²) >= 11 is 30.2. The molecule has 0 aliphatic carbocycles. The van der Waals surface area contributed by atoms with Crippen molar-refractivity contribution in [3.63, 3.8) is 0 Å². The van der Waals surface area contributed by atoms with Gasteiger partial charge in [-0.15, -0.1) is 0 Å². The van der Waals surface area contributed by atoms with E-state index in [1.165, 1.54) is 0 Å². The van der Waals surface area contributed by atoms with Crippen molar-refractivity contribution in [2.45, 2.75) is 5.92 Å². The lowest BCUT2D eigenvalue weighted by molar-refractivity contribution is -0.147. The van der Waals surface area contributed by atoms with Crippen LogP contribution in [0.25, 0.3) is 0 Å². The van der Waals surface area contributed by atoms with E-state index in [1.54, 1.807) is 60.7 Å². The number of hydrogen-bond donors (Lipinski definition) is 0. The van der Waals surface area contributed by atoms with Gasteiger partial charge in [0.2, 0.25) is 0 Å². The molecule has 0 saturated heterocycles. The second kappa shape index (κ2) is 9.90. The fourth-order valence-corrected chi connectivity index (χ4v) is 3.71. The minimum Gasteiger partial charge on any atom is -0.426 e. The molecule has 0 aliphatic rings. The third kappa shape index (κ3) is 4.85. The van der Waals surface area contributed by atoms with Crippen LogP contribution in [0.2, 0.25) is 25.1 Å². The number of benzene rings is 3. The van der Waals surface area contributed by atoms with Gasteiger partial charge in [0.25, 0.3) is 0 Å². The zero-order chi connectivity index (χ0) is 21.8. The van der Waals surface area contributed by atoms with Gasteiger partial charge in [-0.2, -0.15) is 0 Å². The van der Waals surface area contributed by atoms with E-state index in [0.29, 0.717) is 5.56 Å². The van der Waals surface area contributed by atoms with E-state index in [4.69, 9.17) is 67.5 Å². The lowest BCUT2D eigenvalue weighted by Gasteiger charge is -2.17. The number of carbonyl (C=O) groups excluding carboxylic acids is 2. The maximum atomic E-state index is 13.0. The molecule has 0 aliphatic heterocycles. The smallest absolute Gasteiger partial charge is 0.330 e. The second-order valence-electron chi connectivity index (χ2n) is 5.90. The Morgan fingerprint density at radius 3 is 1.57 bits per heavy atom. The first kappa shape index (κ1) is 22.7. The molecule has 0 saturated carbocycles. The maximum Gasteiger partial charge on any atom is 0.330 e. The summed E-state index contributed by atoms with van der Waals surface area (Å²) in [5.41, 5.74) is 0.349.